The lowest BCUT2D eigenvalue weighted by Gasteiger charge is -2.03. The van der Waals surface area contributed by atoms with E-state index in [4.69, 9.17) is 16.3 Å². The van der Waals surface area contributed by atoms with Crippen LogP contribution >= 0.6 is 34.3 Å². The average Bonchev–Trinajstić information content (AvgIpc) is 3.24. The molecule has 0 bridgehead atoms. The van der Waals surface area contributed by atoms with Gasteiger partial charge < -0.3 is 10.1 Å². The molecule has 1 N–H and O–H groups in total. The maximum absolute atomic E-state index is 12.2. The Labute approximate surface area is 165 Å². The van der Waals surface area contributed by atoms with Crippen molar-refractivity contribution in [3.8, 4) is 5.75 Å². The van der Waals surface area contributed by atoms with Crippen molar-refractivity contribution < 1.29 is 9.53 Å². The van der Waals surface area contributed by atoms with Crippen LogP contribution in [0.1, 0.15) is 36.2 Å². The van der Waals surface area contributed by atoms with Crippen LogP contribution in [0.25, 0.3) is 0 Å². The summed E-state index contributed by atoms with van der Waals surface area (Å²) in [6.07, 6.45) is 0.216. The van der Waals surface area contributed by atoms with E-state index in [0.29, 0.717) is 22.7 Å². The molecule has 2 aromatic heterocycles. The molecule has 2 heterocycles. The van der Waals surface area contributed by atoms with Gasteiger partial charge in [-0.05, 0) is 30.2 Å². The van der Waals surface area contributed by atoms with Crippen LogP contribution in [0.5, 0.6) is 5.75 Å². The zero-order chi connectivity index (χ0) is 18.5. The standard InChI is InChI=1S/C18H18ClN3O2S2/c1-11(2)15-10-26-18(21-15)22-16(23)7-13-9-25-17(20-13)8-24-14-5-3-12(19)4-6-14/h3-6,9-11H,7-8H2,1-2H3,(H,21,22,23). The normalized spacial score (nSPS) is 10.9. The van der Waals surface area contributed by atoms with Crippen molar-refractivity contribution in [2.75, 3.05) is 5.32 Å². The van der Waals surface area contributed by atoms with Crippen molar-refractivity contribution >= 4 is 45.3 Å². The first-order valence-electron chi connectivity index (χ1n) is 8.06. The third kappa shape index (κ3) is 5.27. The number of nitrogens with one attached hydrogen (secondary N) is 1. The fourth-order valence-corrected chi connectivity index (χ4v) is 3.83. The molecule has 5 nitrogen and oxygen atoms in total. The first-order valence-corrected chi connectivity index (χ1v) is 10.2. The number of hydrogen-bond acceptors (Lipinski definition) is 6. The molecule has 0 aliphatic heterocycles. The molecule has 0 radical (unpaired) electrons. The lowest BCUT2D eigenvalue weighted by Crippen LogP contribution is -2.14. The number of carbonyl (C=O) groups is 1. The molecule has 0 atom stereocenters. The molecule has 0 saturated carbocycles. The van der Waals surface area contributed by atoms with E-state index < -0.39 is 0 Å². The molecular formula is C18H18ClN3O2S2. The van der Waals surface area contributed by atoms with E-state index in [9.17, 15) is 4.79 Å². The Balaban J connectivity index is 1.50. The Morgan fingerprint density at radius 1 is 1.19 bits per heavy atom. The van der Waals surface area contributed by atoms with Crippen LogP contribution in [0.3, 0.4) is 0 Å². The lowest BCUT2D eigenvalue weighted by molar-refractivity contribution is -0.115. The summed E-state index contributed by atoms with van der Waals surface area (Å²) < 4.78 is 5.67. The minimum absolute atomic E-state index is 0.120. The van der Waals surface area contributed by atoms with Crippen molar-refractivity contribution in [2.24, 2.45) is 0 Å². The van der Waals surface area contributed by atoms with E-state index in [1.807, 2.05) is 22.9 Å². The molecule has 136 valence electrons. The fraction of sp³-hybridized carbons (Fsp3) is 0.278. The molecule has 8 heteroatoms. The predicted molar refractivity (Wildman–Crippen MR) is 106 cm³/mol. The average molecular weight is 408 g/mol. The van der Waals surface area contributed by atoms with Crippen LogP contribution in [0.2, 0.25) is 5.02 Å². The summed E-state index contributed by atoms with van der Waals surface area (Å²) in [5, 5.41) is 8.78. The van der Waals surface area contributed by atoms with Gasteiger partial charge in [0, 0.05) is 15.8 Å². The van der Waals surface area contributed by atoms with Gasteiger partial charge in [0.25, 0.3) is 0 Å². The van der Waals surface area contributed by atoms with Crippen LogP contribution in [-0.2, 0) is 17.8 Å². The van der Waals surface area contributed by atoms with Crippen molar-refractivity contribution in [2.45, 2.75) is 32.8 Å². The predicted octanol–water partition coefficient (Wildman–Crippen LogP) is 5.14. The highest BCUT2D eigenvalue weighted by Crippen LogP contribution is 2.22. The van der Waals surface area contributed by atoms with Gasteiger partial charge in [-0.3, -0.25) is 4.79 Å². The fourth-order valence-electron chi connectivity index (χ4n) is 2.11. The largest absolute Gasteiger partial charge is 0.486 e. The molecule has 3 aromatic rings. The molecular weight excluding hydrogens is 390 g/mol. The molecule has 0 fully saturated rings. The molecule has 1 aromatic carbocycles. The smallest absolute Gasteiger partial charge is 0.232 e. The van der Waals surface area contributed by atoms with Gasteiger partial charge in [-0.1, -0.05) is 25.4 Å². The highest BCUT2D eigenvalue weighted by molar-refractivity contribution is 7.14. The second-order valence-corrected chi connectivity index (χ2v) is 8.17. The summed E-state index contributed by atoms with van der Waals surface area (Å²) in [5.74, 6) is 0.956. The first-order chi connectivity index (χ1) is 12.5. The number of benzene rings is 1. The maximum Gasteiger partial charge on any atom is 0.232 e. The number of aromatic nitrogens is 2. The molecule has 1 amide bonds. The molecule has 3 rings (SSSR count). The van der Waals surface area contributed by atoms with Crippen molar-refractivity contribution in [3.05, 3.63) is 56.4 Å². The number of rotatable bonds is 7. The Kier molecular flexibility index (Phi) is 6.24. The quantitative estimate of drug-likeness (QED) is 0.589. The van der Waals surface area contributed by atoms with E-state index in [1.165, 1.54) is 22.7 Å². The van der Waals surface area contributed by atoms with E-state index in [-0.39, 0.29) is 12.3 Å². The number of amides is 1. The Bertz CT molecular complexity index is 875. The minimum atomic E-state index is -0.120. The van der Waals surface area contributed by atoms with Crippen LogP contribution in [0, 0.1) is 0 Å². The molecule has 0 unspecified atom stereocenters. The molecule has 0 aliphatic carbocycles. The molecule has 0 spiro atoms. The topological polar surface area (TPSA) is 64.1 Å². The van der Waals surface area contributed by atoms with Crippen molar-refractivity contribution in [3.63, 3.8) is 0 Å². The number of anilines is 1. The third-order valence-corrected chi connectivity index (χ3v) is 5.38. The van der Waals surface area contributed by atoms with Gasteiger partial charge in [-0.15, -0.1) is 22.7 Å². The summed E-state index contributed by atoms with van der Waals surface area (Å²) >= 11 is 8.76. The van der Waals surface area contributed by atoms with Gasteiger partial charge in [0.1, 0.15) is 17.4 Å². The van der Waals surface area contributed by atoms with Gasteiger partial charge in [0.05, 0.1) is 17.8 Å². The minimum Gasteiger partial charge on any atom is -0.486 e. The van der Waals surface area contributed by atoms with Crippen LogP contribution < -0.4 is 10.1 Å². The highest BCUT2D eigenvalue weighted by Gasteiger charge is 2.11. The van der Waals surface area contributed by atoms with Gasteiger partial charge >= 0.3 is 0 Å². The van der Waals surface area contributed by atoms with Gasteiger partial charge in [0.15, 0.2) is 5.13 Å². The second kappa shape index (κ2) is 8.62. The number of thiazole rings is 2. The van der Waals surface area contributed by atoms with Crippen LogP contribution in [0.15, 0.2) is 35.0 Å². The Hall–Kier alpha value is -1.96. The SMILES string of the molecule is CC(C)c1csc(NC(=O)Cc2csc(COc3ccc(Cl)cc3)n2)n1. The number of halogens is 1. The van der Waals surface area contributed by atoms with Crippen molar-refractivity contribution in [1.29, 1.82) is 0 Å². The summed E-state index contributed by atoms with van der Waals surface area (Å²) in [6, 6.07) is 7.17. The number of ether oxygens (including phenoxy) is 1. The highest BCUT2D eigenvalue weighted by atomic mass is 35.5. The zero-order valence-corrected chi connectivity index (χ0v) is 16.7. The third-order valence-electron chi connectivity index (χ3n) is 3.48. The molecule has 26 heavy (non-hydrogen) atoms. The number of nitrogens with zero attached hydrogens (tertiary/aromatic N) is 2. The monoisotopic (exact) mass is 407 g/mol. The van der Waals surface area contributed by atoms with Gasteiger partial charge in [0.2, 0.25) is 5.91 Å². The van der Waals surface area contributed by atoms with E-state index in [1.54, 1.807) is 12.1 Å². The first kappa shape index (κ1) is 18.8. The van der Waals surface area contributed by atoms with Crippen LogP contribution in [0.4, 0.5) is 5.13 Å². The van der Waals surface area contributed by atoms with Crippen LogP contribution in [-0.4, -0.2) is 15.9 Å². The maximum atomic E-state index is 12.2. The summed E-state index contributed by atoms with van der Waals surface area (Å²) in [4.78, 5) is 21.0. The molecule has 0 aliphatic rings. The summed E-state index contributed by atoms with van der Waals surface area (Å²) in [5.41, 5.74) is 1.71. The van der Waals surface area contributed by atoms with Crippen molar-refractivity contribution in [1.82, 2.24) is 9.97 Å². The van der Waals surface area contributed by atoms with Gasteiger partial charge in [-0.2, -0.15) is 0 Å². The van der Waals surface area contributed by atoms with Gasteiger partial charge in [-0.25, -0.2) is 9.97 Å². The van der Waals surface area contributed by atoms with E-state index in [0.717, 1.165) is 22.1 Å². The Morgan fingerprint density at radius 3 is 2.65 bits per heavy atom. The number of hydrogen-bond donors (Lipinski definition) is 1. The van der Waals surface area contributed by atoms with E-state index in [2.05, 4.69) is 29.1 Å². The zero-order valence-electron chi connectivity index (χ0n) is 14.4. The second-order valence-electron chi connectivity index (χ2n) is 5.93. The molecule has 0 saturated heterocycles. The number of carbonyl (C=O) groups excluding carboxylic acids is 1. The lowest BCUT2D eigenvalue weighted by atomic mass is 10.2. The Morgan fingerprint density at radius 2 is 1.96 bits per heavy atom. The van der Waals surface area contributed by atoms with E-state index >= 15 is 0 Å². The summed E-state index contributed by atoms with van der Waals surface area (Å²) in [7, 11) is 0. The summed E-state index contributed by atoms with van der Waals surface area (Å²) in [6.45, 7) is 4.51.